The Morgan fingerprint density at radius 2 is 1.75 bits per heavy atom. The van der Waals surface area contributed by atoms with E-state index in [0.29, 0.717) is 6.04 Å². The first kappa shape index (κ1) is 10.3. The summed E-state index contributed by atoms with van der Waals surface area (Å²) in [5.74, 6) is 5.43. The van der Waals surface area contributed by atoms with Crippen LogP contribution in [0.15, 0.2) is 0 Å². The summed E-state index contributed by atoms with van der Waals surface area (Å²) in [4.78, 5) is 2.52. The summed E-state index contributed by atoms with van der Waals surface area (Å²) in [5.41, 5.74) is 2.90. The van der Waals surface area contributed by atoms with Crippen LogP contribution in [0.3, 0.4) is 0 Å². The number of fused-ring (bicyclic) bond motifs is 2. The molecule has 2 saturated heterocycles. The molecule has 0 aromatic rings. The number of hydrazine groups is 1. The molecule has 2 rings (SSSR count). The third kappa shape index (κ3) is 1.59. The highest BCUT2D eigenvalue weighted by molar-refractivity contribution is 5.85. The van der Waals surface area contributed by atoms with Gasteiger partial charge in [0.2, 0.25) is 0 Å². The number of halogens is 1. The van der Waals surface area contributed by atoms with E-state index < -0.39 is 0 Å². The van der Waals surface area contributed by atoms with Gasteiger partial charge in [-0.15, -0.1) is 12.4 Å². The molecule has 0 amide bonds. The predicted molar refractivity (Wildman–Crippen MR) is 52.2 cm³/mol. The van der Waals surface area contributed by atoms with Crippen LogP contribution in [0.4, 0.5) is 0 Å². The molecule has 3 N–H and O–H groups in total. The Balaban J connectivity index is 0.000000720. The first-order valence-electron chi connectivity index (χ1n) is 4.49. The van der Waals surface area contributed by atoms with E-state index in [4.69, 9.17) is 5.84 Å². The van der Waals surface area contributed by atoms with E-state index in [-0.39, 0.29) is 12.4 Å². The summed E-state index contributed by atoms with van der Waals surface area (Å²) < 4.78 is 0. The standard InChI is InChI=1S/C8H17N3.ClH/c1-11-7-2-3-8(11)5-6(4-7)10-9;/h6-8,10H,2-5,9H2,1H3;1H. The topological polar surface area (TPSA) is 41.3 Å². The molecule has 3 nitrogen and oxygen atoms in total. The second kappa shape index (κ2) is 3.92. The summed E-state index contributed by atoms with van der Waals surface area (Å²) in [6, 6.07) is 2.17. The van der Waals surface area contributed by atoms with Gasteiger partial charge in [-0.3, -0.25) is 11.3 Å². The van der Waals surface area contributed by atoms with Crippen molar-refractivity contribution in [2.24, 2.45) is 5.84 Å². The van der Waals surface area contributed by atoms with Crippen LogP contribution in [0.5, 0.6) is 0 Å². The smallest absolute Gasteiger partial charge is 0.0240 e. The molecule has 12 heavy (non-hydrogen) atoms. The fourth-order valence-corrected chi connectivity index (χ4v) is 2.55. The minimum Gasteiger partial charge on any atom is -0.300 e. The van der Waals surface area contributed by atoms with Crippen LogP contribution in [0.2, 0.25) is 0 Å². The molecular formula is C8H18ClN3. The summed E-state index contributed by atoms with van der Waals surface area (Å²) in [6.45, 7) is 0. The van der Waals surface area contributed by atoms with Gasteiger partial charge in [0.1, 0.15) is 0 Å². The van der Waals surface area contributed by atoms with E-state index in [2.05, 4.69) is 17.4 Å². The summed E-state index contributed by atoms with van der Waals surface area (Å²) >= 11 is 0. The van der Waals surface area contributed by atoms with Crippen LogP contribution in [-0.2, 0) is 0 Å². The number of nitrogens with zero attached hydrogens (tertiary/aromatic N) is 1. The Morgan fingerprint density at radius 1 is 1.25 bits per heavy atom. The molecule has 2 unspecified atom stereocenters. The number of nitrogens with one attached hydrogen (secondary N) is 1. The van der Waals surface area contributed by atoms with Crippen LogP contribution in [0.1, 0.15) is 25.7 Å². The van der Waals surface area contributed by atoms with Crippen LogP contribution in [-0.4, -0.2) is 30.1 Å². The molecule has 2 fully saturated rings. The number of hydrogen-bond donors (Lipinski definition) is 2. The van der Waals surface area contributed by atoms with Crippen LogP contribution < -0.4 is 11.3 Å². The zero-order valence-corrected chi connectivity index (χ0v) is 8.31. The minimum absolute atomic E-state index is 0. The Labute approximate surface area is 80.1 Å². The van der Waals surface area contributed by atoms with Crippen molar-refractivity contribution in [3.63, 3.8) is 0 Å². The minimum atomic E-state index is 0. The summed E-state index contributed by atoms with van der Waals surface area (Å²) in [6.07, 6.45) is 5.23. The molecule has 2 aliphatic heterocycles. The van der Waals surface area contributed by atoms with Crippen molar-refractivity contribution in [2.75, 3.05) is 7.05 Å². The molecule has 2 atom stereocenters. The second-order valence-corrected chi connectivity index (χ2v) is 3.89. The third-order valence-corrected chi connectivity index (χ3v) is 3.33. The molecule has 4 heteroatoms. The fraction of sp³-hybridized carbons (Fsp3) is 1.00. The van der Waals surface area contributed by atoms with Crippen molar-refractivity contribution in [3.05, 3.63) is 0 Å². The maximum absolute atomic E-state index is 5.43. The normalized spacial score (nSPS) is 41.0. The molecule has 0 aliphatic carbocycles. The van der Waals surface area contributed by atoms with E-state index in [1.165, 1.54) is 25.7 Å². The highest BCUT2D eigenvalue weighted by Gasteiger charge is 2.37. The van der Waals surface area contributed by atoms with Crippen molar-refractivity contribution >= 4 is 12.4 Å². The molecule has 0 spiro atoms. The van der Waals surface area contributed by atoms with Crippen LogP contribution in [0.25, 0.3) is 0 Å². The van der Waals surface area contributed by atoms with Gasteiger partial charge in [0.15, 0.2) is 0 Å². The van der Waals surface area contributed by atoms with E-state index in [0.717, 1.165) is 12.1 Å². The molecule has 2 bridgehead atoms. The lowest BCUT2D eigenvalue weighted by Crippen LogP contribution is -2.49. The van der Waals surface area contributed by atoms with Gasteiger partial charge in [-0.2, -0.15) is 0 Å². The number of rotatable bonds is 1. The number of piperidine rings is 1. The summed E-state index contributed by atoms with van der Waals surface area (Å²) in [7, 11) is 2.25. The second-order valence-electron chi connectivity index (χ2n) is 3.89. The lowest BCUT2D eigenvalue weighted by atomic mass is 9.99. The van der Waals surface area contributed by atoms with E-state index in [9.17, 15) is 0 Å². The van der Waals surface area contributed by atoms with Crippen molar-refractivity contribution < 1.29 is 0 Å². The van der Waals surface area contributed by atoms with Gasteiger partial charge in [-0.25, -0.2) is 0 Å². The number of nitrogens with two attached hydrogens (primary N) is 1. The highest BCUT2D eigenvalue weighted by atomic mass is 35.5. The molecule has 72 valence electrons. The van der Waals surface area contributed by atoms with Gasteiger partial charge in [0.25, 0.3) is 0 Å². The van der Waals surface area contributed by atoms with Gasteiger partial charge in [-0.05, 0) is 32.7 Å². The lowest BCUT2D eigenvalue weighted by Gasteiger charge is -2.35. The molecule has 0 radical (unpaired) electrons. The van der Waals surface area contributed by atoms with Crippen LogP contribution in [0, 0.1) is 0 Å². The maximum atomic E-state index is 5.43. The summed E-state index contributed by atoms with van der Waals surface area (Å²) in [5, 5.41) is 0. The van der Waals surface area contributed by atoms with Gasteiger partial charge < -0.3 is 4.90 Å². The van der Waals surface area contributed by atoms with Gasteiger partial charge in [0, 0.05) is 18.1 Å². The molecule has 0 aromatic carbocycles. The molecule has 0 aromatic heterocycles. The highest BCUT2D eigenvalue weighted by Crippen LogP contribution is 2.33. The number of hydrogen-bond acceptors (Lipinski definition) is 3. The van der Waals surface area contributed by atoms with Gasteiger partial charge >= 0.3 is 0 Å². The monoisotopic (exact) mass is 191 g/mol. The molecule has 2 heterocycles. The Bertz CT molecular complexity index is 139. The Hall–Kier alpha value is 0.170. The quantitative estimate of drug-likeness (QED) is 0.469. The average molecular weight is 192 g/mol. The molecular weight excluding hydrogens is 174 g/mol. The Kier molecular flexibility index (Phi) is 3.35. The van der Waals surface area contributed by atoms with Crippen molar-refractivity contribution in [3.8, 4) is 0 Å². The molecule has 0 saturated carbocycles. The Morgan fingerprint density at radius 3 is 2.17 bits per heavy atom. The largest absolute Gasteiger partial charge is 0.300 e. The van der Waals surface area contributed by atoms with E-state index in [1.807, 2.05) is 0 Å². The first-order valence-corrected chi connectivity index (χ1v) is 4.49. The van der Waals surface area contributed by atoms with Gasteiger partial charge in [0.05, 0.1) is 0 Å². The zero-order valence-electron chi connectivity index (χ0n) is 7.49. The van der Waals surface area contributed by atoms with Crippen LogP contribution >= 0.6 is 12.4 Å². The van der Waals surface area contributed by atoms with Crippen molar-refractivity contribution in [2.45, 2.75) is 43.8 Å². The lowest BCUT2D eigenvalue weighted by molar-refractivity contribution is 0.149. The molecule has 2 aliphatic rings. The maximum Gasteiger partial charge on any atom is 0.0240 e. The van der Waals surface area contributed by atoms with Crippen molar-refractivity contribution in [1.29, 1.82) is 0 Å². The first-order chi connectivity index (χ1) is 5.31. The van der Waals surface area contributed by atoms with Gasteiger partial charge in [-0.1, -0.05) is 0 Å². The zero-order chi connectivity index (χ0) is 7.84. The predicted octanol–water partition coefficient (Wildman–Crippen LogP) is 0.497. The fourth-order valence-electron chi connectivity index (χ4n) is 2.55. The third-order valence-electron chi connectivity index (χ3n) is 3.33. The average Bonchev–Trinajstić information content (AvgIpc) is 2.26. The van der Waals surface area contributed by atoms with E-state index >= 15 is 0 Å². The SMILES string of the molecule is CN1C2CCC1CC(NN)C2.Cl. The van der Waals surface area contributed by atoms with E-state index in [1.54, 1.807) is 0 Å². The van der Waals surface area contributed by atoms with Crippen molar-refractivity contribution in [1.82, 2.24) is 10.3 Å².